The molecule has 0 aliphatic heterocycles. The van der Waals surface area contributed by atoms with E-state index in [0.29, 0.717) is 27.9 Å². The van der Waals surface area contributed by atoms with Crippen LogP contribution in [0.15, 0.2) is 64.5 Å². The number of amides is 2. The first-order valence-corrected chi connectivity index (χ1v) is 16.1. The molecule has 1 saturated carbocycles. The average Bonchev–Trinajstić information content (AvgIpc) is 3.77. The van der Waals surface area contributed by atoms with Crippen LogP contribution < -0.4 is 10.6 Å². The number of rotatable bonds is 11. The number of carbonyl (C=O) groups excluding carboxylic acids is 3. The maximum atomic E-state index is 12.9. The van der Waals surface area contributed by atoms with Gasteiger partial charge in [0.2, 0.25) is 10.6 Å². The molecule has 12 heteroatoms. The lowest BCUT2D eigenvalue weighted by Gasteiger charge is -2.18. The number of anilines is 1. The second-order valence-corrected chi connectivity index (χ2v) is 12.8. The van der Waals surface area contributed by atoms with Crippen molar-refractivity contribution in [3.05, 3.63) is 75.5 Å². The number of carbonyl (C=O) groups is 3. The summed E-state index contributed by atoms with van der Waals surface area (Å²) in [5, 5.41) is 17.1. The van der Waals surface area contributed by atoms with Crippen molar-refractivity contribution in [1.29, 1.82) is 0 Å². The molecular weight excluding hydrogens is 654 g/mol. The van der Waals surface area contributed by atoms with E-state index in [1.54, 1.807) is 6.07 Å². The first kappa shape index (κ1) is 31.0. The van der Waals surface area contributed by atoms with Crippen LogP contribution in [0.4, 0.5) is 5.69 Å². The van der Waals surface area contributed by atoms with Crippen molar-refractivity contribution in [2.75, 3.05) is 18.2 Å². The summed E-state index contributed by atoms with van der Waals surface area (Å²) in [5.74, 6) is -0.442. The lowest BCUT2D eigenvalue weighted by atomic mass is 9.99. The number of benzene rings is 3. The van der Waals surface area contributed by atoms with E-state index >= 15 is 0 Å². The van der Waals surface area contributed by atoms with E-state index in [0.717, 1.165) is 11.1 Å². The van der Waals surface area contributed by atoms with Gasteiger partial charge in [0.1, 0.15) is 6.04 Å². The minimum atomic E-state index is -0.774. The van der Waals surface area contributed by atoms with Crippen LogP contribution in [-0.2, 0) is 14.3 Å². The Kier molecular flexibility index (Phi) is 9.73. The van der Waals surface area contributed by atoms with E-state index in [1.807, 2.05) is 24.5 Å². The third kappa shape index (κ3) is 7.22. The molecule has 0 saturated heterocycles. The molecule has 5 rings (SSSR count). The number of aromatic nitrogens is 3. The fourth-order valence-corrected chi connectivity index (χ4v) is 6.47. The highest BCUT2D eigenvalue weighted by atomic mass is 79.9. The molecule has 0 bridgehead atoms. The Morgan fingerprint density at radius 2 is 1.84 bits per heavy atom. The fourth-order valence-electron chi connectivity index (χ4n) is 4.94. The number of hydrogen-bond acceptors (Lipinski definition) is 7. The van der Waals surface area contributed by atoms with Gasteiger partial charge >= 0.3 is 5.97 Å². The molecule has 0 spiro atoms. The summed E-state index contributed by atoms with van der Waals surface area (Å²) in [5.41, 5.74) is 2.91. The van der Waals surface area contributed by atoms with Gasteiger partial charge < -0.3 is 15.4 Å². The van der Waals surface area contributed by atoms with Gasteiger partial charge in [-0.2, -0.15) is 0 Å². The van der Waals surface area contributed by atoms with Crippen molar-refractivity contribution in [2.45, 2.75) is 50.2 Å². The van der Waals surface area contributed by atoms with E-state index < -0.39 is 17.9 Å². The van der Waals surface area contributed by atoms with Gasteiger partial charge in [-0.25, -0.2) is 4.79 Å². The number of nitrogens with one attached hydrogen (secondary N) is 2. The zero-order chi connectivity index (χ0) is 30.7. The molecule has 1 fully saturated rings. The number of hydrogen-bond donors (Lipinski definition) is 2. The lowest BCUT2D eigenvalue weighted by molar-refractivity contribution is -0.143. The third-order valence-corrected chi connectivity index (χ3v) is 8.88. The van der Waals surface area contributed by atoms with E-state index in [-0.39, 0.29) is 28.2 Å². The van der Waals surface area contributed by atoms with E-state index in [2.05, 4.69) is 67.1 Å². The van der Waals surface area contributed by atoms with Crippen molar-refractivity contribution in [3.63, 3.8) is 0 Å². The molecule has 1 aliphatic carbocycles. The van der Waals surface area contributed by atoms with Gasteiger partial charge in [-0.15, -0.1) is 10.2 Å². The Hall–Kier alpha value is -3.41. The van der Waals surface area contributed by atoms with Gasteiger partial charge in [-0.05, 0) is 82.2 Å². The number of halogens is 2. The molecule has 0 radical (unpaired) electrons. The summed E-state index contributed by atoms with van der Waals surface area (Å²) in [6.07, 6.45) is 2.86. The van der Waals surface area contributed by atoms with Crippen LogP contribution in [0.2, 0.25) is 5.02 Å². The van der Waals surface area contributed by atoms with Gasteiger partial charge in [0.25, 0.3) is 5.91 Å². The second-order valence-electron chi connectivity index (χ2n) is 10.8. The second kappa shape index (κ2) is 13.5. The van der Waals surface area contributed by atoms with E-state index in [4.69, 9.17) is 16.3 Å². The molecule has 2 N–H and O–H groups in total. The molecule has 4 aromatic rings. The van der Waals surface area contributed by atoms with Crippen LogP contribution in [0.25, 0.3) is 16.5 Å². The van der Waals surface area contributed by atoms with E-state index in [1.165, 1.54) is 54.8 Å². The largest absolute Gasteiger partial charge is 0.467 e. The van der Waals surface area contributed by atoms with Crippen molar-refractivity contribution in [3.8, 4) is 5.69 Å². The van der Waals surface area contributed by atoms with Crippen molar-refractivity contribution in [2.24, 2.45) is 5.92 Å². The SMILES string of the molecule is COC(=O)[C@H](CC(C)C)NC(=O)c1ccc(NC(=O)CSc2nnc(Br)n2-c2ccc(C3CC3)c3ccccc23)c(Cl)c1. The number of methoxy groups -OCH3 is 1. The summed E-state index contributed by atoms with van der Waals surface area (Å²) in [6.45, 7) is 3.90. The fraction of sp³-hybridized carbons (Fsp3) is 0.323. The zero-order valence-corrected chi connectivity index (χ0v) is 27.1. The predicted molar refractivity (Wildman–Crippen MR) is 172 cm³/mol. The molecule has 1 aromatic heterocycles. The Morgan fingerprint density at radius 1 is 1.09 bits per heavy atom. The smallest absolute Gasteiger partial charge is 0.328 e. The quantitative estimate of drug-likeness (QED) is 0.133. The van der Waals surface area contributed by atoms with Crippen LogP contribution in [0.5, 0.6) is 0 Å². The number of thioether (sulfide) groups is 1. The predicted octanol–water partition coefficient (Wildman–Crippen LogP) is 6.76. The minimum Gasteiger partial charge on any atom is -0.467 e. The number of nitrogens with zero attached hydrogens (tertiary/aromatic N) is 3. The van der Waals surface area contributed by atoms with Gasteiger partial charge in [0.15, 0.2) is 5.16 Å². The lowest BCUT2D eigenvalue weighted by Crippen LogP contribution is -2.42. The maximum Gasteiger partial charge on any atom is 0.328 e. The molecule has 9 nitrogen and oxygen atoms in total. The van der Waals surface area contributed by atoms with Crippen LogP contribution in [0.1, 0.15) is 54.9 Å². The molecule has 1 atom stereocenters. The highest BCUT2D eigenvalue weighted by Crippen LogP contribution is 2.44. The number of ether oxygens (including phenoxy) is 1. The summed E-state index contributed by atoms with van der Waals surface area (Å²) in [7, 11) is 1.28. The molecular formula is C31H31BrClN5O4S. The molecule has 2 amide bonds. The molecule has 3 aromatic carbocycles. The third-order valence-electron chi connectivity index (χ3n) is 7.12. The Morgan fingerprint density at radius 3 is 2.51 bits per heavy atom. The highest BCUT2D eigenvalue weighted by molar-refractivity contribution is 9.10. The average molecular weight is 685 g/mol. The topological polar surface area (TPSA) is 115 Å². The monoisotopic (exact) mass is 683 g/mol. The molecule has 1 heterocycles. The minimum absolute atomic E-state index is 0.0534. The maximum absolute atomic E-state index is 12.9. The first-order valence-electron chi connectivity index (χ1n) is 13.9. The van der Waals surface area contributed by atoms with Crippen LogP contribution >= 0.6 is 39.3 Å². The van der Waals surface area contributed by atoms with E-state index in [9.17, 15) is 14.4 Å². The molecule has 1 aliphatic rings. The van der Waals surface area contributed by atoms with Crippen LogP contribution in [0, 0.1) is 5.92 Å². The van der Waals surface area contributed by atoms with Crippen LogP contribution in [0.3, 0.4) is 0 Å². The summed E-state index contributed by atoms with van der Waals surface area (Å²) in [4.78, 5) is 37.8. The number of esters is 1. The Bertz CT molecular complexity index is 1690. The van der Waals surface area contributed by atoms with Crippen molar-refractivity contribution in [1.82, 2.24) is 20.1 Å². The zero-order valence-electron chi connectivity index (χ0n) is 23.9. The Balaban J connectivity index is 1.26. The summed E-state index contributed by atoms with van der Waals surface area (Å²) >= 11 is 11.2. The molecule has 0 unspecified atom stereocenters. The summed E-state index contributed by atoms with van der Waals surface area (Å²) in [6, 6.07) is 16.3. The van der Waals surface area contributed by atoms with Gasteiger partial charge in [-0.1, -0.05) is 67.5 Å². The number of fused-ring (bicyclic) bond motifs is 1. The van der Waals surface area contributed by atoms with Crippen LogP contribution in [-0.4, -0.2) is 51.5 Å². The van der Waals surface area contributed by atoms with Crippen molar-refractivity contribution < 1.29 is 19.1 Å². The molecule has 43 heavy (non-hydrogen) atoms. The van der Waals surface area contributed by atoms with Gasteiger partial charge in [0, 0.05) is 10.9 Å². The standard InChI is InChI=1S/C31H31BrClN5O4S/c1-17(2)14-25(29(41)42-3)35-28(40)19-10-12-24(23(33)15-19)34-27(39)16-43-31-37-36-30(32)38(31)26-13-11-20(18-8-9-18)21-6-4-5-7-22(21)26/h4-7,10-13,15,17-18,25H,8-9,14,16H2,1-3H3,(H,34,39)(H,35,40)/t25-/m0/s1. The van der Waals surface area contributed by atoms with Crippen molar-refractivity contribution >= 4 is 73.5 Å². The summed E-state index contributed by atoms with van der Waals surface area (Å²) < 4.78 is 7.26. The first-order chi connectivity index (χ1) is 20.7. The van der Waals surface area contributed by atoms with Gasteiger partial charge in [0.05, 0.1) is 29.3 Å². The molecule has 224 valence electrons. The highest BCUT2D eigenvalue weighted by Gasteiger charge is 2.27. The van der Waals surface area contributed by atoms with Gasteiger partial charge in [-0.3, -0.25) is 14.2 Å². The normalized spacial score (nSPS) is 13.6. The Labute approximate surface area is 267 Å².